The Labute approximate surface area is 184 Å². The fraction of sp³-hybridized carbons (Fsp3) is 0.409. The van der Waals surface area contributed by atoms with Crippen molar-refractivity contribution in [2.24, 2.45) is 11.7 Å². The summed E-state index contributed by atoms with van der Waals surface area (Å²) in [5, 5.41) is 3.24. The molecule has 0 bridgehead atoms. The molecule has 1 aromatic carbocycles. The summed E-state index contributed by atoms with van der Waals surface area (Å²) in [6.07, 6.45) is 2.63. The molecule has 0 fully saturated rings. The monoisotopic (exact) mass is 446 g/mol. The summed E-state index contributed by atoms with van der Waals surface area (Å²) in [4.78, 5) is 37.9. The van der Waals surface area contributed by atoms with Crippen LogP contribution in [-0.2, 0) is 22.4 Å². The normalized spacial score (nSPS) is 15.0. The first-order chi connectivity index (χ1) is 14.8. The zero-order valence-corrected chi connectivity index (χ0v) is 18.6. The zero-order chi connectivity index (χ0) is 22.5. The van der Waals surface area contributed by atoms with Crippen molar-refractivity contribution in [3.8, 4) is 11.5 Å². The van der Waals surface area contributed by atoms with Crippen molar-refractivity contribution in [2.45, 2.75) is 33.1 Å². The Hall–Kier alpha value is -3.07. The standard InChI is InChI=1S/C22H26N2O6S/c1-4-29-22(27)19-14-7-5-12(2)9-17(14)31-21(19)24-18(25)11-30-16-8-6-13(28-3)10-15(16)20(23)26/h6,8,10,12H,4-5,7,9,11H2,1-3H3,(H2,23,26)(H,24,25). The molecule has 2 amide bonds. The van der Waals surface area contributed by atoms with Crippen molar-refractivity contribution < 1.29 is 28.6 Å². The van der Waals surface area contributed by atoms with Crippen LogP contribution in [-0.4, -0.2) is 38.1 Å². The summed E-state index contributed by atoms with van der Waals surface area (Å²) in [5.41, 5.74) is 6.90. The Bertz CT molecular complexity index is 1000. The number of hydrogen-bond acceptors (Lipinski definition) is 7. The third-order valence-corrected chi connectivity index (χ3v) is 6.22. The van der Waals surface area contributed by atoms with E-state index in [1.165, 1.54) is 30.6 Å². The van der Waals surface area contributed by atoms with Crippen LogP contribution < -0.4 is 20.5 Å². The van der Waals surface area contributed by atoms with E-state index in [1.54, 1.807) is 13.0 Å². The summed E-state index contributed by atoms with van der Waals surface area (Å²) in [7, 11) is 1.47. The molecule has 3 N–H and O–H groups in total. The van der Waals surface area contributed by atoms with Gasteiger partial charge in [0, 0.05) is 4.88 Å². The Kier molecular flexibility index (Phi) is 7.17. The first kappa shape index (κ1) is 22.6. The smallest absolute Gasteiger partial charge is 0.341 e. The number of thiophene rings is 1. The second kappa shape index (κ2) is 9.82. The lowest BCUT2D eigenvalue weighted by atomic mass is 9.88. The quantitative estimate of drug-likeness (QED) is 0.602. The Balaban J connectivity index is 1.77. The molecule has 0 aliphatic heterocycles. The molecule has 1 atom stereocenters. The first-order valence-electron chi connectivity index (χ1n) is 10.1. The number of carbonyl (C=O) groups excluding carboxylic acids is 3. The first-order valence-corrected chi connectivity index (χ1v) is 10.9. The number of anilines is 1. The van der Waals surface area contributed by atoms with Gasteiger partial charge in [0.05, 0.1) is 24.8 Å². The van der Waals surface area contributed by atoms with E-state index in [2.05, 4.69) is 12.2 Å². The average Bonchev–Trinajstić information content (AvgIpc) is 3.08. The Morgan fingerprint density at radius 3 is 2.74 bits per heavy atom. The van der Waals surface area contributed by atoms with E-state index in [9.17, 15) is 14.4 Å². The number of methoxy groups -OCH3 is 1. The lowest BCUT2D eigenvalue weighted by molar-refractivity contribution is -0.118. The highest BCUT2D eigenvalue weighted by molar-refractivity contribution is 7.17. The van der Waals surface area contributed by atoms with Gasteiger partial charge in [-0.3, -0.25) is 9.59 Å². The molecule has 1 aromatic heterocycles. The minimum atomic E-state index is -0.695. The predicted molar refractivity (Wildman–Crippen MR) is 117 cm³/mol. The SMILES string of the molecule is CCOC(=O)c1c(NC(=O)COc2ccc(OC)cc2C(N)=O)sc2c1CCC(C)C2. The molecule has 2 aromatic rings. The predicted octanol–water partition coefficient (Wildman–Crippen LogP) is 3.17. The van der Waals surface area contributed by atoms with Gasteiger partial charge in [0.25, 0.3) is 11.8 Å². The van der Waals surface area contributed by atoms with E-state index < -0.39 is 17.8 Å². The number of primary amides is 1. The molecule has 1 aliphatic carbocycles. The highest BCUT2D eigenvalue weighted by Crippen LogP contribution is 2.40. The lowest BCUT2D eigenvalue weighted by Crippen LogP contribution is -2.22. The third kappa shape index (κ3) is 5.16. The largest absolute Gasteiger partial charge is 0.497 e. The third-order valence-electron chi connectivity index (χ3n) is 5.06. The van der Waals surface area contributed by atoms with Crippen LogP contribution in [0.1, 0.15) is 51.4 Å². The van der Waals surface area contributed by atoms with Gasteiger partial charge in [-0.15, -0.1) is 11.3 Å². The van der Waals surface area contributed by atoms with Crippen molar-refractivity contribution >= 4 is 34.1 Å². The molecule has 0 radical (unpaired) electrons. The summed E-state index contributed by atoms with van der Waals surface area (Å²) < 4.78 is 15.8. The zero-order valence-electron chi connectivity index (χ0n) is 17.8. The van der Waals surface area contributed by atoms with E-state index in [-0.39, 0.29) is 24.5 Å². The number of hydrogen-bond donors (Lipinski definition) is 2. The Morgan fingerprint density at radius 2 is 2.06 bits per heavy atom. The van der Waals surface area contributed by atoms with Gasteiger partial charge in [-0.05, 0) is 55.9 Å². The second-order valence-corrected chi connectivity index (χ2v) is 8.44. The van der Waals surface area contributed by atoms with Crippen LogP contribution in [0.3, 0.4) is 0 Å². The minimum Gasteiger partial charge on any atom is -0.497 e. The molecular formula is C22H26N2O6S. The molecule has 0 saturated heterocycles. The second-order valence-electron chi connectivity index (χ2n) is 7.34. The number of benzene rings is 1. The van der Waals surface area contributed by atoms with Gasteiger partial charge in [-0.2, -0.15) is 0 Å². The maximum absolute atomic E-state index is 12.6. The number of amides is 2. The van der Waals surface area contributed by atoms with Gasteiger partial charge >= 0.3 is 5.97 Å². The number of fused-ring (bicyclic) bond motifs is 1. The van der Waals surface area contributed by atoms with Crippen molar-refractivity contribution in [3.05, 3.63) is 39.8 Å². The van der Waals surface area contributed by atoms with Crippen LogP contribution in [0, 0.1) is 5.92 Å². The van der Waals surface area contributed by atoms with E-state index in [0.717, 1.165) is 29.7 Å². The summed E-state index contributed by atoms with van der Waals surface area (Å²) >= 11 is 1.40. The number of nitrogens with one attached hydrogen (secondary N) is 1. The van der Waals surface area contributed by atoms with Gasteiger partial charge in [0.15, 0.2) is 6.61 Å². The maximum atomic E-state index is 12.6. The highest BCUT2D eigenvalue weighted by Gasteiger charge is 2.29. The van der Waals surface area contributed by atoms with Gasteiger partial charge in [-0.25, -0.2) is 4.79 Å². The van der Waals surface area contributed by atoms with Crippen molar-refractivity contribution in [1.82, 2.24) is 0 Å². The topological polar surface area (TPSA) is 117 Å². The van der Waals surface area contributed by atoms with Crippen LogP contribution in [0.25, 0.3) is 0 Å². The molecule has 0 saturated carbocycles. The van der Waals surface area contributed by atoms with E-state index >= 15 is 0 Å². The molecule has 1 unspecified atom stereocenters. The highest BCUT2D eigenvalue weighted by atomic mass is 32.1. The van der Waals surface area contributed by atoms with Crippen molar-refractivity contribution in [2.75, 3.05) is 25.6 Å². The van der Waals surface area contributed by atoms with Gasteiger partial charge in [0.2, 0.25) is 0 Å². The van der Waals surface area contributed by atoms with Gasteiger partial charge < -0.3 is 25.3 Å². The number of rotatable bonds is 8. The molecule has 0 spiro atoms. The number of nitrogens with two attached hydrogens (primary N) is 1. The average molecular weight is 447 g/mol. The lowest BCUT2D eigenvalue weighted by Gasteiger charge is -2.18. The van der Waals surface area contributed by atoms with Crippen LogP contribution in [0.15, 0.2) is 18.2 Å². The molecular weight excluding hydrogens is 420 g/mol. The maximum Gasteiger partial charge on any atom is 0.341 e. The summed E-state index contributed by atoms with van der Waals surface area (Å²) in [6, 6.07) is 4.57. The van der Waals surface area contributed by atoms with Crippen LogP contribution >= 0.6 is 11.3 Å². The van der Waals surface area contributed by atoms with Gasteiger partial charge in [-0.1, -0.05) is 6.92 Å². The van der Waals surface area contributed by atoms with E-state index in [0.29, 0.717) is 22.2 Å². The van der Waals surface area contributed by atoms with Crippen LogP contribution in [0.5, 0.6) is 11.5 Å². The van der Waals surface area contributed by atoms with E-state index in [4.69, 9.17) is 19.9 Å². The molecule has 1 heterocycles. The van der Waals surface area contributed by atoms with Crippen molar-refractivity contribution in [3.63, 3.8) is 0 Å². The molecule has 166 valence electrons. The minimum absolute atomic E-state index is 0.111. The molecule has 31 heavy (non-hydrogen) atoms. The number of esters is 1. The Morgan fingerprint density at radius 1 is 1.29 bits per heavy atom. The fourth-order valence-corrected chi connectivity index (χ4v) is 4.93. The fourth-order valence-electron chi connectivity index (χ4n) is 3.52. The van der Waals surface area contributed by atoms with E-state index in [1.807, 2.05) is 0 Å². The summed E-state index contributed by atoms with van der Waals surface area (Å²) in [6.45, 7) is 3.82. The summed E-state index contributed by atoms with van der Waals surface area (Å²) in [5.74, 6) is -0.439. The van der Waals surface area contributed by atoms with Crippen LogP contribution in [0.4, 0.5) is 5.00 Å². The number of ether oxygens (including phenoxy) is 3. The van der Waals surface area contributed by atoms with Crippen molar-refractivity contribution in [1.29, 1.82) is 0 Å². The number of carbonyl (C=O) groups is 3. The van der Waals surface area contributed by atoms with Gasteiger partial charge in [0.1, 0.15) is 16.5 Å². The van der Waals surface area contributed by atoms with Crippen LogP contribution in [0.2, 0.25) is 0 Å². The molecule has 3 rings (SSSR count). The molecule has 1 aliphatic rings. The molecule has 9 heteroatoms. The molecule has 8 nitrogen and oxygen atoms in total.